The van der Waals surface area contributed by atoms with Crippen LogP contribution in [0.4, 0.5) is 0 Å². The second-order valence-corrected chi connectivity index (χ2v) is 6.24. The maximum atomic E-state index is 6.11. The SMILES string of the molecule is COc1ccc(Br)cc1CN=C(N)N1CCCC(C)C1.I. The maximum Gasteiger partial charge on any atom is 0.191 e. The lowest BCUT2D eigenvalue weighted by Crippen LogP contribution is -2.43. The molecule has 0 bridgehead atoms. The number of hydrogen-bond acceptors (Lipinski definition) is 2. The van der Waals surface area contributed by atoms with E-state index in [1.807, 2.05) is 18.2 Å². The number of nitrogens with two attached hydrogens (primary N) is 1. The summed E-state index contributed by atoms with van der Waals surface area (Å²) in [5, 5.41) is 0. The molecule has 0 aromatic heterocycles. The Hall–Kier alpha value is -0.500. The van der Waals surface area contributed by atoms with E-state index in [0.29, 0.717) is 18.4 Å². The smallest absolute Gasteiger partial charge is 0.191 e. The van der Waals surface area contributed by atoms with Crippen molar-refractivity contribution in [2.75, 3.05) is 20.2 Å². The van der Waals surface area contributed by atoms with Crippen LogP contribution in [0.5, 0.6) is 5.75 Å². The van der Waals surface area contributed by atoms with Crippen LogP contribution in [0.25, 0.3) is 0 Å². The molecule has 2 rings (SSSR count). The number of rotatable bonds is 3. The van der Waals surface area contributed by atoms with Gasteiger partial charge in [0, 0.05) is 23.1 Å². The van der Waals surface area contributed by atoms with E-state index < -0.39 is 0 Å². The monoisotopic (exact) mass is 467 g/mol. The molecule has 6 heteroatoms. The van der Waals surface area contributed by atoms with Gasteiger partial charge in [0.1, 0.15) is 5.75 Å². The minimum Gasteiger partial charge on any atom is -0.496 e. The van der Waals surface area contributed by atoms with E-state index >= 15 is 0 Å². The summed E-state index contributed by atoms with van der Waals surface area (Å²) in [5.74, 6) is 2.17. The topological polar surface area (TPSA) is 50.9 Å². The second kappa shape index (κ2) is 8.82. The predicted molar refractivity (Wildman–Crippen MR) is 101 cm³/mol. The van der Waals surface area contributed by atoms with Crippen LogP contribution in [0, 0.1) is 5.92 Å². The summed E-state index contributed by atoms with van der Waals surface area (Å²) >= 11 is 3.47. The Bertz CT molecular complexity index is 496. The molecular formula is C15H23BrIN3O. The lowest BCUT2D eigenvalue weighted by Gasteiger charge is -2.31. The highest BCUT2D eigenvalue weighted by molar-refractivity contribution is 14.0. The van der Waals surface area contributed by atoms with Crippen LogP contribution in [-0.2, 0) is 6.54 Å². The minimum absolute atomic E-state index is 0. The van der Waals surface area contributed by atoms with Gasteiger partial charge in [-0.05, 0) is 37.0 Å². The lowest BCUT2D eigenvalue weighted by molar-refractivity contribution is 0.270. The van der Waals surface area contributed by atoms with Crippen molar-refractivity contribution < 1.29 is 4.74 Å². The summed E-state index contributed by atoms with van der Waals surface area (Å²) in [6.45, 7) is 4.82. The van der Waals surface area contributed by atoms with Gasteiger partial charge in [0.15, 0.2) is 5.96 Å². The number of halogens is 2. The maximum absolute atomic E-state index is 6.11. The van der Waals surface area contributed by atoms with Crippen molar-refractivity contribution in [1.82, 2.24) is 4.90 Å². The molecule has 0 spiro atoms. The Kier molecular flexibility index (Phi) is 7.79. The van der Waals surface area contributed by atoms with Gasteiger partial charge in [0.05, 0.1) is 13.7 Å². The first-order valence-electron chi connectivity index (χ1n) is 6.97. The summed E-state index contributed by atoms with van der Waals surface area (Å²) in [6.07, 6.45) is 2.47. The van der Waals surface area contributed by atoms with Crippen molar-refractivity contribution in [3.63, 3.8) is 0 Å². The van der Waals surface area contributed by atoms with Crippen LogP contribution in [-0.4, -0.2) is 31.1 Å². The van der Waals surface area contributed by atoms with Gasteiger partial charge >= 0.3 is 0 Å². The number of guanidine groups is 1. The van der Waals surface area contributed by atoms with Crippen LogP contribution in [0.15, 0.2) is 27.7 Å². The summed E-state index contributed by atoms with van der Waals surface area (Å²) < 4.78 is 6.37. The molecule has 1 saturated heterocycles. The third kappa shape index (κ3) is 5.32. The van der Waals surface area contributed by atoms with E-state index in [1.165, 1.54) is 12.8 Å². The molecule has 4 nitrogen and oxygen atoms in total. The quantitative estimate of drug-likeness (QED) is 0.419. The number of ether oxygens (including phenoxy) is 1. The third-order valence-corrected chi connectivity index (χ3v) is 4.13. The first-order valence-corrected chi connectivity index (χ1v) is 7.76. The Morgan fingerprint density at radius 3 is 2.95 bits per heavy atom. The molecule has 1 aromatic rings. The van der Waals surface area contributed by atoms with Crippen LogP contribution < -0.4 is 10.5 Å². The van der Waals surface area contributed by atoms with Crippen LogP contribution in [0.2, 0.25) is 0 Å². The molecule has 0 amide bonds. The second-order valence-electron chi connectivity index (χ2n) is 5.32. The zero-order valence-corrected chi connectivity index (χ0v) is 16.4. The third-order valence-electron chi connectivity index (χ3n) is 3.63. The summed E-state index contributed by atoms with van der Waals surface area (Å²) in [4.78, 5) is 6.70. The van der Waals surface area contributed by atoms with Gasteiger partial charge in [-0.3, -0.25) is 0 Å². The first kappa shape index (κ1) is 18.5. The zero-order chi connectivity index (χ0) is 14.5. The molecule has 118 valence electrons. The van der Waals surface area contributed by atoms with Crippen molar-refractivity contribution in [3.8, 4) is 5.75 Å². The molecular weight excluding hydrogens is 445 g/mol. The van der Waals surface area contributed by atoms with Crippen molar-refractivity contribution in [2.45, 2.75) is 26.3 Å². The standard InChI is InChI=1S/C15H22BrN3O.HI/c1-11-4-3-7-19(10-11)15(17)18-9-12-8-13(16)5-6-14(12)20-2;/h5-6,8,11H,3-4,7,9-10H2,1-2H3,(H2,17,18);1H. The van der Waals surface area contributed by atoms with Crippen molar-refractivity contribution in [1.29, 1.82) is 0 Å². The summed E-state index contributed by atoms with van der Waals surface area (Å²) in [7, 11) is 1.67. The van der Waals surface area contributed by atoms with Gasteiger partial charge in [0.2, 0.25) is 0 Å². The Labute approximate surface area is 152 Å². The molecule has 1 aliphatic rings. The molecule has 1 aliphatic heterocycles. The van der Waals surface area contributed by atoms with Gasteiger partial charge < -0.3 is 15.4 Å². The molecule has 1 fully saturated rings. The number of piperidine rings is 1. The normalized spacial score (nSPS) is 19.1. The molecule has 0 saturated carbocycles. The Balaban J connectivity index is 0.00000220. The van der Waals surface area contributed by atoms with E-state index in [4.69, 9.17) is 10.5 Å². The molecule has 1 atom stereocenters. The van der Waals surface area contributed by atoms with E-state index in [2.05, 4.69) is 32.7 Å². The van der Waals surface area contributed by atoms with E-state index in [0.717, 1.165) is 28.9 Å². The van der Waals surface area contributed by atoms with Crippen LogP contribution >= 0.6 is 39.9 Å². The van der Waals surface area contributed by atoms with Gasteiger partial charge in [0.25, 0.3) is 0 Å². The molecule has 1 aromatic carbocycles. The van der Waals surface area contributed by atoms with E-state index in [1.54, 1.807) is 7.11 Å². The van der Waals surface area contributed by atoms with E-state index in [9.17, 15) is 0 Å². The number of likely N-dealkylation sites (tertiary alicyclic amines) is 1. The Morgan fingerprint density at radius 1 is 1.52 bits per heavy atom. The van der Waals surface area contributed by atoms with Crippen LogP contribution in [0.1, 0.15) is 25.3 Å². The number of methoxy groups -OCH3 is 1. The largest absolute Gasteiger partial charge is 0.496 e. The Morgan fingerprint density at radius 2 is 2.29 bits per heavy atom. The van der Waals surface area contributed by atoms with E-state index in [-0.39, 0.29) is 24.0 Å². The average Bonchev–Trinajstić information content (AvgIpc) is 2.45. The summed E-state index contributed by atoms with van der Waals surface area (Å²) in [6, 6.07) is 5.92. The van der Waals surface area contributed by atoms with Gasteiger partial charge in [-0.25, -0.2) is 4.99 Å². The van der Waals surface area contributed by atoms with Crippen molar-refractivity contribution in [3.05, 3.63) is 28.2 Å². The van der Waals surface area contributed by atoms with Crippen LogP contribution in [0.3, 0.4) is 0 Å². The molecule has 1 unspecified atom stereocenters. The van der Waals surface area contributed by atoms with Gasteiger partial charge in [-0.2, -0.15) is 0 Å². The fraction of sp³-hybridized carbons (Fsp3) is 0.533. The fourth-order valence-corrected chi connectivity index (χ4v) is 2.94. The number of hydrogen-bond donors (Lipinski definition) is 1. The highest BCUT2D eigenvalue weighted by Crippen LogP contribution is 2.24. The van der Waals surface area contributed by atoms with Gasteiger partial charge in [-0.15, -0.1) is 24.0 Å². The molecule has 0 aliphatic carbocycles. The van der Waals surface area contributed by atoms with Gasteiger partial charge in [-0.1, -0.05) is 22.9 Å². The average molecular weight is 468 g/mol. The number of aliphatic imine (C=N–C) groups is 1. The lowest BCUT2D eigenvalue weighted by atomic mass is 10.0. The highest BCUT2D eigenvalue weighted by atomic mass is 127. The molecule has 2 N–H and O–H groups in total. The van der Waals surface area contributed by atoms with Crippen molar-refractivity contribution in [2.24, 2.45) is 16.6 Å². The number of benzene rings is 1. The molecule has 0 radical (unpaired) electrons. The molecule has 1 heterocycles. The zero-order valence-electron chi connectivity index (χ0n) is 12.5. The summed E-state index contributed by atoms with van der Waals surface area (Å²) in [5.41, 5.74) is 7.15. The first-order chi connectivity index (χ1) is 9.60. The highest BCUT2D eigenvalue weighted by Gasteiger charge is 2.17. The molecule has 21 heavy (non-hydrogen) atoms. The fourth-order valence-electron chi connectivity index (χ4n) is 2.53. The number of nitrogens with zero attached hydrogens (tertiary/aromatic N) is 2. The minimum atomic E-state index is 0. The predicted octanol–water partition coefficient (Wildman–Crippen LogP) is 3.62. The van der Waals surface area contributed by atoms with Crippen molar-refractivity contribution >= 4 is 45.9 Å².